The van der Waals surface area contributed by atoms with Crippen molar-refractivity contribution in [2.75, 3.05) is 11.9 Å². The van der Waals surface area contributed by atoms with E-state index in [4.69, 9.17) is 5.11 Å². The molecular formula is C12H11BrF2N2O4. The molecule has 0 radical (unpaired) electrons. The molecule has 1 saturated heterocycles. The number of amides is 2. The van der Waals surface area contributed by atoms with Crippen LogP contribution in [0.1, 0.15) is 6.42 Å². The van der Waals surface area contributed by atoms with Gasteiger partial charge in [-0.2, -0.15) is 0 Å². The molecule has 0 aliphatic carbocycles. The third-order valence-electron chi connectivity index (χ3n) is 3.08. The molecular weight excluding hydrogens is 354 g/mol. The zero-order chi connectivity index (χ0) is 15.7. The number of urea groups is 1. The molecule has 114 valence electrons. The highest BCUT2D eigenvalue weighted by Crippen LogP contribution is 2.25. The number of carbonyl (C=O) groups is 2. The summed E-state index contributed by atoms with van der Waals surface area (Å²) < 4.78 is 26.9. The number of benzene rings is 1. The lowest BCUT2D eigenvalue weighted by Crippen LogP contribution is -2.43. The Kier molecular flexibility index (Phi) is 4.43. The Morgan fingerprint density at radius 1 is 1.33 bits per heavy atom. The van der Waals surface area contributed by atoms with E-state index in [0.717, 1.165) is 17.0 Å². The van der Waals surface area contributed by atoms with Gasteiger partial charge in [-0.15, -0.1) is 0 Å². The van der Waals surface area contributed by atoms with E-state index in [1.165, 1.54) is 0 Å². The summed E-state index contributed by atoms with van der Waals surface area (Å²) in [5.74, 6) is -2.92. The molecule has 0 saturated carbocycles. The van der Waals surface area contributed by atoms with E-state index in [1.54, 1.807) is 0 Å². The maximum absolute atomic E-state index is 13.6. The van der Waals surface area contributed by atoms with Gasteiger partial charge in [-0.3, -0.25) is 0 Å². The number of rotatable bonds is 2. The van der Waals surface area contributed by atoms with E-state index in [0.29, 0.717) is 0 Å². The molecule has 0 aromatic heterocycles. The summed E-state index contributed by atoms with van der Waals surface area (Å²) in [6.45, 7) is -0.191. The summed E-state index contributed by atoms with van der Waals surface area (Å²) in [6.07, 6.45) is -1.08. The molecule has 6 nitrogen and oxygen atoms in total. The zero-order valence-corrected chi connectivity index (χ0v) is 12.1. The number of aliphatic hydroxyl groups excluding tert-OH is 1. The van der Waals surface area contributed by atoms with Crippen LogP contribution < -0.4 is 5.32 Å². The third kappa shape index (κ3) is 3.30. The van der Waals surface area contributed by atoms with Crippen LogP contribution in [0.5, 0.6) is 0 Å². The van der Waals surface area contributed by atoms with Crippen molar-refractivity contribution in [2.45, 2.75) is 18.6 Å². The molecule has 1 aromatic carbocycles. The first-order valence-corrected chi connectivity index (χ1v) is 6.72. The van der Waals surface area contributed by atoms with Gasteiger partial charge in [0.1, 0.15) is 17.7 Å². The number of carboxylic acid groups (broad SMARTS) is 1. The topological polar surface area (TPSA) is 89.9 Å². The van der Waals surface area contributed by atoms with Crippen molar-refractivity contribution in [2.24, 2.45) is 0 Å². The number of carboxylic acids is 1. The molecule has 2 amide bonds. The quantitative estimate of drug-likeness (QED) is 0.697. The largest absolute Gasteiger partial charge is 0.480 e. The fourth-order valence-corrected chi connectivity index (χ4v) is 2.39. The van der Waals surface area contributed by atoms with Crippen LogP contribution in [0.25, 0.3) is 0 Å². The number of β-amino-alcohol motifs (C(OH)–C–C–N with tert-alkyl or cyclic N) is 1. The van der Waals surface area contributed by atoms with E-state index >= 15 is 0 Å². The zero-order valence-electron chi connectivity index (χ0n) is 10.5. The van der Waals surface area contributed by atoms with Crippen LogP contribution >= 0.6 is 15.9 Å². The van der Waals surface area contributed by atoms with E-state index in [1.807, 2.05) is 0 Å². The normalized spacial score (nSPS) is 21.4. The molecule has 0 spiro atoms. The number of nitrogens with one attached hydrogen (secondary N) is 1. The molecule has 9 heteroatoms. The van der Waals surface area contributed by atoms with Gasteiger partial charge in [0.15, 0.2) is 0 Å². The number of halogens is 3. The average Bonchev–Trinajstić information content (AvgIpc) is 2.78. The highest BCUT2D eigenvalue weighted by atomic mass is 79.9. The number of nitrogens with zero attached hydrogens (tertiary/aromatic N) is 1. The molecule has 1 heterocycles. The van der Waals surface area contributed by atoms with Gasteiger partial charge >= 0.3 is 12.0 Å². The van der Waals surface area contributed by atoms with Gasteiger partial charge < -0.3 is 20.4 Å². The maximum Gasteiger partial charge on any atom is 0.326 e. The lowest BCUT2D eigenvalue weighted by Gasteiger charge is -2.21. The molecule has 2 atom stereocenters. The SMILES string of the molecule is O=C(O)[C@@H]1C[C@H](O)CN1C(=O)Nc1cc(F)c(Br)cc1F. The second-order valence-corrected chi connectivity index (χ2v) is 5.43. The first-order chi connectivity index (χ1) is 9.79. The predicted octanol–water partition coefficient (Wildman–Crippen LogP) is 1.78. The molecule has 0 bridgehead atoms. The van der Waals surface area contributed by atoms with Crippen LogP contribution in [0.2, 0.25) is 0 Å². The smallest absolute Gasteiger partial charge is 0.326 e. The number of aliphatic hydroxyl groups is 1. The predicted molar refractivity (Wildman–Crippen MR) is 71.8 cm³/mol. The van der Waals surface area contributed by atoms with E-state index in [9.17, 15) is 23.5 Å². The molecule has 3 N–H and O–H groups in total. The van der Waals surface area contributed by atoms with E-state index in [-0.39, 0.29) is 17.4 Å². The highest BCUT2D eigenvalue weighted by Gasteiger charge is 2.39. The monoisotopic (exact) mass is 364 g/mol. The Balaban J connectivity index is 2.18. The fourth-order valence-electron chi connectivity index (χ4n) is 2.08. The van der Waals surface area contributed by atoms with Crippen LogP contribution in [-0.4, -0.2) is 45.8 Å². The van der Waals surface area contributed by atoms with Crippen molar-refractivity contribution in [3.63, 3.8) is 0 Å². The maximum atomic E-state index is 13.6. The minimum atomic E-state index is -1.27. The Hall–Kier alpha value is -1.74. The summed E-state index contributed by atoms with van der Waals surface area (Å²) in [6, 6.07) is -0.499. The summed E-state index contributed by atoms with van der Waals surface area (Å²) >= 11 is 2.80. The van der Waals surface area contributed by atoms with Crippen molar-refractivity contribution in [3.05, 3.63) is 28.2 Å². The van der Waals surface area contributed by atoms with Crippen molar-refractivity contribution in [3.8, 4) is 0 Å². The summed E-state index contributed by atoms with van der Waals surface area (Å²) in [5.41, 5.74) is -0.411. The van der Waals surface area contributed by atoms with Crippen LogP contribution in [0.15, 0.2) is 16.6 Å². The molecule has 1 aliphatic rings. The van der Waals surface area contributed by atoms with Crippen LogP contribution in [-0.2, 0) is 4.79 Å². The Morgan fingerprint density at radius 3 is 2.62 bits per heavy atom. The molecule has 1 fully saturated rings. The van der Waals surface area contributed by atoms with Gasteiger partial charge in [-0.1, -0.05) is 0 Å². The Morgan fingerprint density at radius 2 is 2.00 bits per heavy atom. The Labute approximate surface area is 126 Å². The van der Waals surface area contributed by atoms with Gasteiger partial charge in [0.2, 0.25) is 0 Å². The number of carbonyl (C=O) groups excluding carboxylic acids is 1. The summed E-state index contributed by atoms with van der Waals surface area (Å²) in [5, 5.41) is 20.5. The third-order valence-corrected chi connectivity index (χ3v) is 3.68. The average molecular weight is 365 g/mol. The van der Waals surface area contributed by atoms with Crippen LogP contribution in [0.4, 0.5) is 19.3 Å². The van der Waals surface area contributed by atoms with E-state index in [2.05, 4.69) is 21.2 Å². The number of likely N-dealkylation sites (tertiary alicyclic amines) is 1. The van der Waals surface area contributed by atoms with Crippen LogP contribution in [0, 0.1) is 11.6 Å². The first-order valence-electron chi connectivity index (χ1n) is 5.92. The van der Waals surface area contributed by atoms with E-state index < -0.39 is 41.5 Å². The molecule has 1 aromatic rings. The van der Waals surface area contributed by atoms with Gasteiger partial charge in [0, 0.05) is 19.0 Å². The lowest BCUT2D eigenvalue weighted by molar-refractivity contribution is -0.141. The van der Waals surface area contributed by atoms with Crippen molar-refractivity contribution >= 4 is 33.6 Å². The highest BCUT2D eigenvalue weighted by molar-refractivity contribution is 9.10. The van der Waals surface area contributed by atoms with Crippen LogP contribution in [0.3, 0.4) is 0 Å². The van der Waals surface area contributed by atoms with Gasteiger partial charge in [-0.25, -0.2) is 18.4 Å². The van der Waals surface area contributed by atoms with Crippen molar-refractivity contribution in [1.29, 1.82) is 0 Å². The second kappa shape index (κ2) is 5.94. The molecule has 2 rings (SSSR count). The Bertz CT molecular complexity index is 599. The fraction of sp³-hybridized carbons (Fsp3) is 0.333. The van der Waals surface area contributed by atoms with Crippen molar-refractivity contribution in [1.82, 2.24) is 4.90 Å². The summed E-state index contributed by atoms with van der Waals surface area (Å²) in [4.78, 5) is 23.8. The van der Waals surface area contributed by atoms with Gasteiger partial charge in [0.05, 0.1) is 16.3 Å². The molecule has 0 unspecified atom stereocenters. The summed E-state index contributed by atoms with van der Waals surface area (Å²) in [7, 11) is 0. The molecule has 1 aliphatic heterocycles. The lowest BCUT2D eigenvalue weighted by atomic mass is 10.2. The number of hydrogen-bond acceptors (Lipinski definition) is 3. The minimum absolute atomic E-state index is 0.0991. The number of anilines is 1. The minimum Gasteiger partial charge on any atom is -0.480 e. The van der Waals surface area contributed by atoms with Crippen molar-refractivity contribution < 1.29 is 28.6 Å². The van der Waals surface area contributed by atoms with Gasteiger partial charge in [0.25, 0.3) is 0 Å². The molecule has 21 heavy (non-hydrogen) atoms. The van der Waals surface area contributed by atoms with Gasteiger partial charge in [-0.05, 0) is 22.0 Å². The number of aliphatic carboxylic acids is 1. The standard InChI is InChI=1S/C12H11BrF2N2O4/c13-6-2-8(15)9(3-7(6)14)16-12(21)17-4-5(18)1-10(17)11(19)20/h2-3,5,10,18H,1,4H2,(H,16,21)(H,19,20)/t5-,10-/m0/s1. The second-order valence-electron chi connectivity index (χ2n) is 4.57. The number of hydrogen-bond donors (Lipinski definition) is 3. The first kappa shape index (κ1) is 15.6.